The molecule has 10 heteroatoms. The highest BCUT2D eigenvalue weighted by molar-refractivity contribution is 7.89. The van der Waals surface area contributed by atoms with Crippen LogP contribution in [0.4, 0.5) is 4.39 Å². The number of benzene rings is 2. The number of nitrogens with one attached hydrogen (secondary N) is 2. The number of hydrogen-bond acceptors (Lipinski definition) is 4. The second-order valence-electron chi connectivity index (χ2n) is 6.58. The minimum Gasteiger partial charge on any atom is -0.273 e. The summed E-state index contributed by atoms with van der Waals surface area (Å²) in [6, 6.07) is 10.8. The van der Waals surface area contributed by atoms with Crippen molar-refractivity contribution in [2.24, 2.45) is 5.92 Å². The molecule has 0 radical (unpaired) electrons. The second kappa shape index (κ2) is 8.89. The lowest BCUT2D eigenvalue weighted by Gasteiger charge is -2.30. The van der Waals surface area contributed by atoms with E-state index in [1.165, 1.54) is 28.6 Å². The third-order valence-corrected chi connectivity index (χ3v) is 6.85. The van der Waals surface area contributed by atoms with Crippen molar-refractivity contribution in [3.63, 3.8) is 0 Å². The van der Waals surface area contributed by atoms with E-state index < -0.39 is 27.7 Å². The Balaban J connectivity index is 1.52. The number of halogens is 2. The van der Waals surface area contributed by atoms with Crippen LogP contribution in [0, 0.1) is 11.7 Å². The Labute approximate surface area is 172 Å². The summed E-state index contributed by atoms with van der Waals surface area (Å²) < 4.78 is 39.5. The third kappa shape index (κ3) is 5.11. The van der Waals surface area contributed by atoms with Gasteiger partial charge in [-0.15, -0.1) is 0 Å². The summed E-state index contributed by atoms with van der Waals surface area (Å²) in [6.45, 7) is 0.311. The molecule has 1 saturated heterocycles. The Hall–Kier alpha value is -2.49. The minimum atomic E-state index is -3.74. The molecule has 0 saturated carbocycles. The lowest BCUT2D eigenvalue weighted by molar-refractivity contribution is -0.126. The van der Waals surface area contributed by atoms with Crippen LogP contribution in [-0.2, 0) is 14.8 Å². The Kier molecular flexibility index (Phi) is 6.51. The third-order valence-electron chi connectivity index (χ3n) is 4.68. The standard InChI is InChI=1S/C19H19ClFN3O4S/c20-15-3-1-13(2-4-15)18(25)22-23-19(26)14-9-11-24(12-10-14)29(27,28)17-7-5-16(21)6-8-17/h1-8,14H,9-12H2,(H,22,25)(H,23,26). The van der Waals surface area contributed by atoms with Crippen molar-refractivity contribution in [3.8, 4) is 0 Å². The summed E-state index contributed by atoms with van der Waals surface area (Å²) in [5.41, 5.74) is 5.06. The SMILES string of the molecule is O=C(NNC(=O)C1CCN(S(=O)(=O)c2ccc(F)cc2)CC1)c1ccc(Cl)cc1. The number of nitrogens with zero attached hydrogens (tertiary/aromatic N) is 1. The summed E-state index contributed by atoms with van der Waals surface area (Å²) in [7, 11) is -3.74. The van der Waals surface area contributed by atoms with Gasteiger partial charge >= 0.3 is 0 Å². The molecule has 0 bridgehead atoms. The molecular formula is C19H19ClFN3O4S. The average Bonchev–Trinajstić information content (AvgIpc) is 2.72. The molecule has 0 aromatic heterocycles. The van der Waals surface area contributed by atoms with Crippen LogP contribution < -0.4 is 10.9 Å². The monoisotopic (exact) mass is 439 g/mol. The minimum absolute atomic E-state index is 0.0111. The number of sulfonamides is 1. The van der Waals surface area contributed by atoms with Gasteiger partial charge in [0.25, 0.3) is 5.91 Å². The van der Waals surface area contributed by atoms with Crippen LogP contribution in [0.15, 0.2) is 53.4 Å². The van der Waals surface area contributed by atoms with Crippen molar-refractivity contribution in [2.45, 2.75) is 17.7 Å². The van der Waals surface area contributed by atoms with Gasteiger partial charge in [0, 0.05) is 29.6 Å². The highest BCUT2D eigenvalue weighted by Gasteiger charge is 2.32. The molecule has 0 atom stereocenters. The topological polar surface area (TPSA) is 95.6 Å². The van der Waals surface area contributed by atoms with Crippen molar-refractivity contribution in [2.75, 3.05) is 13.1 Å². The fraction of sp³-hybridized carbons (Fsp3) is 0.263. The molecule has 1 fully saturated rings. The predicted octanol–water partition coefficient (Wildman–Crippen LogP) is 2.34. The Bertz CT molecular complexity index is 989. The van der Waals surface area contributed by atoms with Crippen LogP contribution in [0.1, 0.15) is 23.2 Å². The number of hydrogen-bond donors (Lipinski definition) is 2. The highest BCUT2D eigenvalue weighted by atomic mass is 35.5. The second-order valence-corrected chi connectivity index (χ2v) is 8.96. The smallest absolute Gasteiger partial charge is 0.269 e. The van der Waals surface area contributed by atoms with E-state index in [1.54, 1.807) is 12.1 Å². The number of hydrazine groups is 1. The molecule has 7 nitrogen and oxygen atoms in total. The van der Waals surface area contributed by atoms with Crippen LogP contribution in [0.5, 0.6) is 0 Å². The van der Waals surface area contributed by atoms with E-state index in [1.807, 2.05) is 0 Å². The van der Waals surface area contributed by atoms with Crippen molar-refractivity contribution >= 4 is 33.4 Å². The van der Waals surface area contributed by atoms with E-state index in [0.29, 0.717) is 23.4 Å². The molecule has 1 heterocycles. The van der Waals surface area contributed by atoms with E-state index in [9.17, 15) is 22.4 Å². The van der Waals surface area contributed by atoms with Crippen LogP contribution in [0.2, 0.25) is 5.02 Å². The van der Waals surface area contributed by atoms with E-state index >= 15 is 0 Å². The van der Waals surface area contributed by atoms with Gasteiger partial charge in [0.05, 0.1) is 4.90 Å². The average molecular weight is 440 g/mol. The molecule has 29 heavy (non-hydrogen) atoms. The van der Waals surface area contributed by atoms with E-state index in [0.717, 1.165) is 12.1 Å². The van der Waals surface area contributed by atoms with Gasteiger partial charge in [0.2, 0.25) is 15.9 Å². The first-order chi connectivity index (χ1) is 13.8. The van der Waals surface area contributed by atoms with Crippen LogP contribution in [0.25, 0.3) is 0 Å². The van der Waals surface area contributed by atoms with Gasteiger partial charge in [-0.3, -0.25) is 20.4 Å². The largest absolute Gasteiger partial charge is 0.273 e. The Morgan fingerprint density at radius 3 is 2.14 bits per heavy atom. The van der Waals surface area contributed by atoms with Crippen LogP contribution in [-0.4, -0.2) is 37.6 Å². The number of carbonyl (C=O) groups is 2. The Morgan fingerprint density at radius 1 is 0.966 bits per heavy atom. The van der Waals surface area contributed by atoms with Crippen LogP contribution >= 0.6 is 11.6 Å². The van der Waals surface area contributed by atoms with Gasteiger partial charge < -0.3 is 0 Å². The number of rotatable bonds is 4. The normalized spacial score (nSPS) is 15.7. The quantitative estimate of drug-likeness (QED) is 0.715. The molecule has 1 aliphatic rings. The molecule has 2 aromatic rings. The van der Waals surface area contributed by atoms with Crippen molar-refractivity contribution < 1.29 is 22.4 Å². The van der Waals surface area contributed by atoms with Crippen molar-refractivity contribution in [1.82, 2.24) is 15.2 Å². The Morgan fingerprint density at radius 2 is 1.55 bits per heavy atom. The maximum atomic E-state index is 13.0. The molecule has 2 N–H and O–H groups in total. The zero-order valence-electron chi connectivity index (χ0n) is 15.3. The fourth-order valence-electron chi connectivity index (χ4n) is 3.01. The van der Waals surface area contributed by atoms with Gasteiger partial charge in [-0.25, -0.2) is 12.8 Å². The molecule has 0 aliphatic carbocycles. The molecule has 2 amide bonds. The molecule has 1 aliphatic heterocycles. The van der Waals surface area contributed by atoms with Crippen LogP contribution in [0.3, 0.4) is 0 Å². The van der Waals surface area contributed by atoms with Gasteiger partial charge in [0.15, 0.2) is 0 Å². The zero-order valence-corrected chi connectivity index (χ0v) is 16.8. The molecule has 3 rings (SSSR count). The maximum Gasteiger partial charge on any atom is 0.269 e. The molecule has 0 spiro atoms. The molecule has 2 aromatic carbocycles. The lowest BCUT2D eigenvalue weighted by atomic mass is 9.98. The summed E-state index contributed by atoms with van der Waals surface area (Å²) in [4.78, 5) is 24.3. The van der Waals surface area contributed by atoms with E-state index in [2.05, 4.69) is 10.9 Å². The van der Waals surface area contributed by atoms with Gasteiger partial charge in [-0.05, 0) is 61.4 Å². The van der Waals surface area contributed by atoms with E-state index in [-0.39, 0.29) is 23.9 Å². The molecular weight excluding hydrogens is 421 g/mol. The van der Waals surface area contributed by atoms with Crippen molar-refractivity contribution in [1.29, 1.82) is 0 Å². The summed E-state index contributed by atoms with van der Waals surface area (Å²) in [5.74, 6) is -1.81. The first-order valence-electron chi connectivity index (χ1n) is 8.89. The highest BCUT2D eigenvalue weighted by Crippen LogP contribution is 2.24. The predicted molar refractivity (Wildman–Crippen MR) is 105 cm³/mol. The summed E-state index contributed by atoms with van der Waals surface area (Å²) in [6.07, 6.45) is 0.617. The van der Waals surface area contributed by atoms with Crippen molar-refractivity contribution in [3.05, 3.63) is 64.9 Å². The van der Waals surface area contributed by atoms with Gasteiger partial charge in [-0.1, -0.05) is 11.6 Å². The van der Waals surface area contributed by atoms with Gasteiger partial charge in [0.1, 0.15) is 5.82 Å². The molecule has 0 unspecified atom stereocenters. The summed E-state index contributed by atoms with van der Waals surface area (Å²) in [5, 5.41) is 0.493. The number of amides is 2. The zero-order chi connectivity index (χ0) is 21.0. The molecule has 154 valence electrons. The first kappa shape index (κ1) is 21.2. The number of piperidine rings is 1. The van der Waals surface area contributed by atoms with Gasteiger partial charge in [-0.2, -0.15) is 4.31 Å². The summed E-state index contributed by atoms with van der Waals surface area (Å²) >= 11 is 5.77. The lowest BCUT2D eigenvalue weighted by Crippen LogP contribution is -2.48. The first-order valence-corrected chi connectivity index (χ1v) is 10.7. The van der Waals surface area contributed by atoms with E-state index in [4.69, 9.17) is 11.6 Å². The number of carbonyl (C=O) groups excluding carboxylic acids is 2. The maximum absolute atomic E-state index is 13.0. The fourth-order valence-corrected chi connectivity index (χ4v) is 4.60.